The molecule has 0 aliphatic heterocycles. The minimum atomic E-state index is 0.496. The number of allylic oxidation sites excluding steroid dienone is 3. The molecule has 0 aliphatic rings. The lowest BCUT2D eigenvalue weighted by atomic mass is 10.2. The highest BCUT2D eigenvalue weighted by atomic mass is 79.9. The van der Waals surface area contributed by atoms with Crippen LogP contribution in [0.2, 0.25) is 0 Å². The van der Waals surface area contributed by atoms with E-state index in [0.717, 1.165) is 10.0 Å². The fourth-order valence-corrected chi connectivity index (χ4v) is 1.26. The van der Waals surface area contributed by atoms with E-state index in [4.69, 9.17) is 4.74 Å². The standard InChI is InChI=1S/C13H14BrNO/c1-3-12(14)9-13(15-2)16-10-11-7-5-4-6-8-11/h3-9H,2,10H2,1H3/b12-3+,13-9+. The molecule has 3 heteroatoms. The first-order valence-electron chi connectivity index (χ1n) is 4.93. The zero-order valence-corrected chi connectivity index (χ0v) is 10.8. The van der Waals surface area contributed by atoms with Crippen molar-refractivity contribution in [1.82, 2.24) is 0 Å². The first-order chi connectivity index (χ1) is 7.76. The van der Waals surface area contributed by atoms with Crippen LogP contribution in [0.15, 0.2) is 57.8 Å². The Morgan fingerprint density at radius 3 is 2.69 bits per heavy atom. The summed E-state index contributed by atoms with van der Waals surface area (Å²) in [6, 6.07) is 9.94. The van der Waals surface area contributed by atoms with Gasteiger partial charge < -0.3 is 4.74 Å². The van der Waals surface area contributed by atoms with E-state index >= 15 is 0 Å². The van der Waals surface area contributed by atoms with E-state index < -0.39 is 0 Å². The minimum Gasteiger partial charge on any atom is -0.473 e. The molecule has 0 amide bonds. The van der Waals surface area contributed by atoms with Gasteiger partial charge in [0.25, 0.3) is 0 Å². The van der Waals surface area contributed by atoms with E-state index in [-0.39, 0.29) is 0 Å². The summed E-state index contributed by atoms with van der Waals surface area (Å²) in [5, 5.41) is 0. The Kier molecular flexibility index (Phi) is 5.57. The predicted molar refractivity (Wildman–Crippen MR) is 71.5 cm³/mol. The van der Waals surface area contributed by atoms with Crippen molar-refractivity contribution in [3.8, 4) is 0 Å². The third kappa shape index (κ3) is 4.45. The molecule has 0 radical (unpaired) electrons. The van der Waals surface area contributed by atoms with Crippen LogP contribution < -0.4 is 0 Å². The second-order valence-corrected chi connectivity index (χ2v) is 4.00. The second kappa shape index (κ2) is 7.01. The zero-order chi connectivity index (χ0) is 11.8. The molecule has 0 atom stereocenters. The van der Waals surface area contributed by atoms with Gasteiger partial charge in [-0.1, -0.05) is 52.3 Å². The molecular formula is C13H14BrNO. The number of aliphatic imine (C=N–C) groups is 1. The molecule has 0 bridgehead atoms. The van der Waals surface area contributed by atoms with Crippen molar-refractivity contribution >= 4 is 22.6 Å². The average molecular weight is 280 g/mol. The molecule has 0 spiro atoms. The fraction of sp³-hybridized carbons (Fsp3) is 0.154. The van der Waals surface area contributed by atoms with Crippen LogP contribution in [0.4, 0.5) is 0 Å². The molecule has 0 saturated carbocycles. The molecule has 0 fully saturated rings. The first kappa shape index (κ1) is 12.7. The molecule has 0 saturated heterocycles. The summed E-state index contributed by atoms with van der Waals surface area (Å²) >= 11 is 3.36. The molecular weight excluding hydrogens is 266 g/mol. The van der Waals surface area contributed by atoms with Gasteiger partial charge in [0, 0.05) is 10.6 Å². The van der Waals surface area contributed by atoms with Crippen molar-refractivity contribution in [2.75, 3.05) is 0 Å². The van der Waals surface area contributed by atoms with Gasteiger partial charge in [-0.2, -0.15) is 0 Å². The lowest BCUT2D eigenvalue weighted by Gasteiger charge is -2.05. The summed E-state index contributed by atoms with van der Waals surface area (Å²) in [5.41, 5.74) is 1.11. The number of rotatable bonds is 5. The van der Waals surface area contributed by atoms with Crippen LogP contribution >= 0.6 is 15.9 Å². The number of nitrogens with zero attached hydrogens (tertiary/aromatic N) is 1. The predicted octanol–water partition coefficient (Wildman–Crippen LogP) is 4.04. The molecule has 1 aromatic carbocycles. The van der Waals surface area contributed by atoms with Gasteiger partial charge in [0.1, 0.15) is 6.61 Å². The highest BCUT2D eigenvalue weighted by molar-refractivity contribution is 9.11. The minimum absolute atomic E-state index is 0.496. The zero-order valence-electron chi connectivity index (χ0n) is 9.19. The van der Waals surface area contributed by atoms with Crippen LogP contribution in [0.25, 0.3) is 0 Å². The lowest BCUT2D eigenvalue weighted by Crippen LogP contribution is -1.91. The van der Waals surface area contributed by atoms with Crippen LogP contribution in [0, 0.1) is 0 Å². The maximum Gasteiger partial charge on any atom is 0.214 e. The summed E-state index contributed by atoms with van der Waals surface area (Å²) in [5.74, 6) is 0.508. The lowest BCUT2D eigenvalue weighted by molar-refractivity contribution is 0.197. The summed E-state index contributed by atoms with van der Waals surface area (Å²) in [7, 11) is 0. The maximum absolute atomic E-state index is 5.51. The summed E-state index contributed by atoms with van der Waals surface area (Å²) in [6.07, 6.45) is 3.70. The van der Waals surface area contributed by atoms with Crippen molar-refractivity contribution in [1.29, 1.82) is 0 Å². The van der Waals surface area contributed by atoms with Gasteiger partial charge in [-0.3, -0.25) is 0 Å². The van der Waals surface area contributed by atoms with Gasteiger partial charge in [0.2, 0.25) is 5.88 Å². The van der Waals surface area contributed by atoms with Crippen molar-refractivity contribution in [2.45, 2.75) is 13.5 Å². The number of halogens is 1. The normalized spacial score (nSPS) is 12.4. The fourth-order valence-electron chi connectivity index (χ4n) is 1.07. The molecule has 0 unspecified atom stereocenters. The average Bonchev–Trinajstić information content (AvgIpc) is 2.35. The second-order valence-electron chi connectivity index (χ2n) is 3.09. The third-order valence-electron chi connectivity index (χ3n) is 1.92. The molecule has 16 heavy (non-hydrogen) atoms. The summed E-state index contributed by atoms with van der Waals surface area (Å²) < 4.78 is 6.43. The molecule has 0 aromatic heterocycles. The van der Waals surface area contributed by atoms with E-state index in [2.05, 4.69) is 27.6 Å². The Morgan fingerprint density at radius 1 is 1.44 bits per heavy atom. The third-order valence-corrected chi connectivity index (χ3v) is 2.61. The monoisotopic (exact) mass is 279 g/mol. The molecule has 0 aliphatic carbocycles. The maximum atomic E-state index is 5.51. The van der Waals surface area contributed by atoms with Crippen LogP contribution in [0.3, 0.4) is 0 Å². The molecule has 0 heterocycles. The Hall–Kier alpha value is -1.35. The Bertz CT molecular complexity index is 396. The number of hydrogen-bond donors (Lipinski definition) is 0. The largest absolute Gasteiger partial charge is 0.473 e. The highest BCUT2D eigenvalue weighted by Crippen LogP contribution is 2.13. The van der Waals surface area contributed by atoms with E-state index in [0.29, 0.717) is 12.5 Å². The SMILES string of the molecule is C=N/C(=C\C(Br)=C/C)OCc1ccccc1. The van der Waals surface area contributed by atoms with Gasteiger partial charge in [-0.15, -0.1) is 0 Å². The Labute approximate surface area is 104 Å². The first-order valence-corrected chi connectivity index (χ1v) is 5.72. The van der Waals surface area contributed by atoms with Crippen molar-refractivity contribution in [2.24, 2.45) is 4.99 Å². The molecule has 2 nitrogen and oxygen atoms in total. The van der Waals surface area contributed by atoms with Crippen molar-refractivity contribution in [3.63, 3.8) is 0 Å². The van der Waals surface area contributed by atoms with Gasteiger partial charge in [-0.05, 0) is 19.2 Å². The van der Waals surface area contributed by atoms with Crippen LogP contribution in [-0.2, 0) is 11.3 Å². The van der Waals surface area contributed by atoms with Gasteiger partial charge in [0.15, 0.2) is 0 Å². The Balaban J connectivity index is 2.59. The highest BCUT2D eigenvalue weighted by Gasteiger charge is 1.96. The number of benzene rings is 1. The van der Waals surface area contributed by atoms with Gasteiger partial charge in [0.05, 0.1) is 0 Å². The van der Waals surface area contributed by atoms with E-state index in [1.165, 1.54) is 0 Å². The smallest absolute Gasteiger partial charge is 0.214 e. The van der Waals surface area contributed by atoms with Crippen molar-refractivity contribution < 1.29 is 4.74 Å². The van der Waals surface area contributed by atoms with E-state index in [9.17, 15) is 0 Å². The summed E-state index contributed by atoms with van der Waals surface area (Å²) in [6.45, 7) is 5.89. The molecule has 1 aromatic rings. The van der Waals surface area contributed by atoms with Gasteiger partial charge >= 0.3 is 0 Å². The van der Waals surface area contributed by atoms with Crippen LogP contribution in [0.1, 0.15) is 12.5 Å². The number of ether oxygens (including phenoxy) is 1. The van der Waals surface area contributed by atoms with E-state index in [1.54, 1.807) is 6.08 Å². The molecule has 0 N–H and O–H groups in total. The van der Waals surface area contributed by atoms with E-state index in [1.807, 2.05) is 43.3 Å². The molecule has 84 valence electrons. The van der Waals surface area contributed by atoms with Gasteiger partial charge in [-0.25, -0.2) is 4.99 Å². The van der Waals surface area contributed by atoms with Crippen molar-refractivity contribution in [3.05, 3.63) is 58.4 Å². The molecule has 1 rings (SSSR count). The topological polar surface area (TPSA) is 21.6 Å². The van der Waals surface area contributed by atoms with Crippen LogP contribution in [-0.4, -0.2) is 6.72 Å². The quantitative estimate of drug-likeness (QED) is 0.453. The van der Waals surface area contributed by atoms with Crippen LogP contribution in [0.5, 0.6) is 0 Å². The summed E-state index contributed by atoms with van der Waals surface area (Å²) in [4.78, 5) is 3.81. The number of hydrogen-bond acceptors (Lipinski definition) is 2. The Morgan fingerprint density at radius 2 is 2.12 bits per heavy atom.